The van der Waals surface area contributed by atoms with Gasteiger partial charge in [-0.15, -0.1) is 0 Å². The fourth-order valence-electron chi connectivity index (χ4n) is 4.95. The molecule has 4 rings (SSSR count). The lowest BCUT2D eigenvalue weighted by molar-refractivity contribution is -0.331. The van der Waals surface area contributed by atoms with Gasteiger partial charge in [0.15, 0.2) is 18.7 Å². The van der Waals surface area contributed by atoms with E-state index in [-0.39, 0.29) is 18.1 Å². The highest BCUT2D eigenvalue weighted by Crippen LogP contribution is 2.28. The van der Waals surface area contributed by atoms with Crippen LogP contribution in [0.5, 0.6) is 11.5 Å². The Bertz CT molecular complexity index is 1320. The minimum absolute atomic E-state index is 0.0294. The predicted molar refractivity (Wildman–Crippen MR) is 155 cm³/mol. The molecule has 2 aromatic carbocycles. The zero-order valence-electron chi connectivity index (χ0n) is 24.7. The van der Waals surface area contributed by atoms with Crippen LogP contribution < -0.4 is 0 Å². The summed E-state index contributed by atoms with van der Waals surface area (Å²) in [6, 6.07) is 9.78. The van der Waals surface area contributed by atoms with Crippen LogP contribution in [0, 0.1) is 13.8 Å². The van der Waals surface area contributed by atoms with E-state index in [9.17, 15) is 45.6 Å². The first-order valence-corrected chi connectivity index (χ1v) is 14.4. The van der Waals surface area contributed by atoms with Crippen LogP contribution in [0.3, 0.4) is 0 Å². The van der Waals surface area contributed by atoms with E-state index in [1.807, 2.05) is 0 Å². The molecule has 2 aliphatic heterocycles. The maximum atomic E-state index is 12.8. The van der Waals surface area contributed by atoms with Crippen molar-refractivity contribution >= 4 is 12.0 Å². The second-order valence-electron chi connectivity index (χ2n) is 11.1. The van der Waals surface area contributed by atoms with Crippen LogP contribution in [-0.2, 0) is 34.9 Å². The van der Waals surface area contributed by atoms with Crippen molar-refractivity contribution in [3.63, 3.8) is 0 Å². The van der Waals surface area contributed by atoms with Crippen LogP contribution in [0.1, 0.15) is 22.3 Å². The molecule has 2 heterocycles. The average Bonchev–Trinajstić information content (AvgIpc) is 3.01. The van der Waals surface area contributed by atoms with Crippen molar-refractivity contribution < 1.29 is 69.3 Å². The summed E-state index contributed by atoms with van der Waals surface area (Å²) in [7, 11) is 0. The second-order valence-corrected chi connectivity index (χ2v) is 11.1. The summed E-state index contributed by atoms with van der Waals surface area (Å²) in [6.45, 7) is 2.29. The Balaban J connectivity index is 1.46. The van der Waals surface area contributed by atoms with Gasteiger partial charge in [-0.05, 0) is 60.7 Å². The number of benzene rings is 2. The molecule has 2 aromatic rings. The Hall–Kier alpha value is -3.15. The van der Waals surface area contributed by atoms with Crippen molar-refractivity contribution in [3.8, 4) is 11.5 Å². The number of phenolic OH excluding ortho intramolecular Hbond substituents is 2. The van der Waals surface area contributed by atoms with Crippen LogP contribution in [0.15, 0.2) is 42.5 Å². The summed E-state index contributed by atoms with van der Waals surface area (Å²) in [6.07, 6.45) is -12.6. The summed E-state index contributed by atoms with van der Waals surface area (Å²) in [5.74, 6) is -0.750. The van der Waals surface area contributed by atoms with E-state index in [4.69, 9.17) is 23.7 Å². The van der Waals surface area contributed by atoms with Gasteiger partial charge < -0.3 is 64.5 Å². The number of ether oxygens (including phenoxy) is 5. The lowest BCUT2D eigenvalue weighted by Gasteiger charge is -2.43. The fraction of sp³-hybridized carbons (Fsp3) is 0.516. The van der Waals surface area contributed by atoms with Gasteiger partial charge in [-0.3, -0.25) is 0 Å². The Morgan fingerprint density at radius 1 is 0.800 bits per heavy atom. The molecule has 0 aliphatic carbocycles. The number of aliphatic hydroxyl groups is 6. The van der Waals surface area contributed by atoms with Crippen LogP contribution in [0.4, 0.5) is 0 Å². The van der Waals surface area contributed by atoms with Crippen molar-refractivity contribution in [2.24, 2.45) is 0 Å². The maximum Gasteiger partial charge on any atom is 0.331 e. The molecular weight excluding hydrogens is 596 g/mol. The van der Waals surface area contributed by atoms with Crippen LogP contribution in [0.25, 0.3) is 6.08 Å². The Morgan fingerprint density at radius 2 is 1.49 bits per heavy atom. The number of aryl methyl sites for hydroxylation is 2. The molecule has 14 nitrogen and oxygen atoms in total. The predicted octanol–water partition coefficient (Wildman–Crippen LogP) is -0.838. The number of carbonyl (C=O) groups is 1. The molecule has 10 atom stereocenters. The molecule has 0 radical (unpaired) electrons. The highest BCUT2D eigenvalue weighted by atomic mass is 16.7. The minimum Gasteiger partial charge on any atom is -0.508 e. The Morgan fingerprint density at radius 3 is 2.18 bits per heavy atom. The molecule has 8 N–H and O–H groups in total. The van der Waals surface area contributed by atoms with Crippen molar-refractivity contribution in [2.45, 2.75) is 81.7 Å². The average molecular weight is 637 g/mol. The van der Waals surface area contributed by atoms with Gasteiger partial charge in [-0.2, -0.15) is 0 Å². The Kier molecular flexibility index (Phi) is 11.9. The first-order chi connectivity index (χ1) is 21.4. The van der Waals surface area contributed by atoms with Crippen LogP contribution in [-0.4, -0.2) is 128 Å². The lowest BCUT2D eigenvalue weighted by atomic mass is 9.98. The standard InChI is InChI=1S/C31H40O14/c1-15-3-4-17(12-20(15)34)6-8-23(35)45-29-22(14-42-31-27(39)25(37)24(36)21(13-32)43-31)44-30(28(40)26(29)38)41-10-9-18-5-7-19(33)16(2)11-18/h3-8,11-12,21-22,24-34,36-40H,9-10,13-14H2,1-2H3/b8-6+/t21?,22?,24-,25-,26+,27?,28?,29-,30-,31-/m1/s1. The van der Waals surface area contributed by atoms with Crippen LogP contribution in [0.2, 0.25) is 0 Å². The topological polar surface area (TPSA) is 225 Å². The van der Waals surface area contributed by atoms with E-state index in [2.05, 4.69) is 0 Å². The molecule has 0 spiro atoms. The molecule has 2 saturated heterocycles. The number of aromatic hydroxyl groups is 2. The van der Waals surface area contributed by atoms with Gasteiger partial charge in [0.1, 0.15) is 54.2 Å². The molecule has 0 bridgehead atoms. The molecule has 2 aliphatic rings. The molecule has 2 fully saturated rings. The van der Waals surface area contributed by atoms with E-state index in [0.29, 0.717) is 23.1 Å². The summed E-state index contributed by atoms with van der Waals surface area (Å²) in [5, 5.41) is 81.4. The quantitative estimate of drug-likeness (QED) is 0.111. The zero-order valence-corrected chi connectivity index (χ0v) is 24.7. The molecular formula is C31H40O14. The monoisotopic (exact) mass is 636 g/mol. The number of hydrogen-bond acceptors (Lipinski definition) is 14. The fourth-order valence-corrected chi connectivity index (χ4v) is 4.95. The molecule has 0 saturated carbocycles. The van der Waals surface area contributed by atoms with E-state index >= 15 is 0 Å². The van der Waals surface area contributed by atoms with Gasteiger partial charge in [0, 0.05) is 6.08 Å². The first-order valence-electron chi connectivity index (χ1n) is 14.4. The normalized spacial score (nSPS) is 32.1. The van der Waals surface area contributed by atoms with Crippen LogP contribution >= 0.6 is 0 Å². The number of aliphatic hydroxyl groups excluding tert-OH is 6. The summed E-state index contributed by atoms with van der Waals surface area (Å²) < 4.78 is 28.0. The van der Waals surface area contributed by atoms with Crippen molar-refractivity contribution in [1.29, 1.82) is 0 Å². The number of carbonyl (C=O) groups excluding carboxylic acids is 1. The second kappa shape index (κ2) is 15.4. The first kappa shape index (κ1) is 34.7. The van der Waals surface area contributed by atoms with Crippen molar-refractivity contribution in [3.05, 3.63) is 64.7 Å². The van der Waals surface area contributed by atoms with Crippen molar-refractivity contribution in [2.75, 3.05) is 19.8 Å². The van der Waals surface area contributed by atoms with Gasteiger partial charge in [-0.1, -0.05) is 24.3 Å². The number of rotatable bonds is 11. The number of hydrogen-bond donors (Lipinski definition) is 8. The SMILES string of the molecule is Cc1cc(CCO[C@@H]2OC(CO[C@@H]3OC(CO)[C@@H](O)[C@@H](O)C3O)[C@@H](OC(=O)/C=C/c3ccc(C)c(O)c3)[C@@H](O)C2O)ccc1O. The molecule has 45 heavy (non-hydrogen) atoms. The van der Waals surface area contributed by atoms with Gasteiger partial charge in [-0.25, -0.2) is 4.79 Å². The minimum atomic E-state index is -1.72. The van der Waals surface area contributed by atoms with E-state index in [1.54, 1.807) is 44.2 Å². The van der Waals surface area contributed by atoms with Crippen molar-refractivity contribution in [1.82, 2.24) is 0 Å². The molecule has 4 unspecified atom stereocenters. The molecule has 0 aromatic heterocycles. The number of esters is 1. The van der Waals surface area contributed by atoms with E-state index in [0.717, 1.165) is 11.6 Å². The Labute approximate surface area is 259 Å². The smallest absolute Gasteiger partial charge is 0.331 e. The van der Waals surface area contributed by atoms with Gasteiger partial charge in [0.05, 0.1) is 19.8 Å². The van der Waals surface area contributed by atoms with Gasteiger partial charge in [0.25, 0.3) is 0 Å². The van der Waals surface area contributed by atoms with Gasteiger partial charge >= 0.3 is 5.97 Å². The summed E-state index contributed by atoms with van der Waals surface area (Å²) in [4.78, 5) is 12.8. The maximum absolute atomic E-state index is 12.8. The summed E-state index contributed by atoms with van der Waals surface area (Å²) in [5.41, 5.74) is 2.64. The van der Waals surface area contributed by atoms with Gasteiger partial charge in [0.2, 0.25) is 0 Å². The zero-order chi connectivity index (χ0) is 32.8. The molecule has 248 valence electrons. The van der Waals surface area contributed by atoms with E-state index in [1.165, 1.54) is 12.1 Å². The lowest BCUT2D eigenvalue weighted by Crippen LogP contribution is -2.62. The largest absolute Gasteiger partial charge is 0.508 e. The van der Waals surface area contributed by atoms with E-state index < -0.39 is 80.6 Å². The molecule has 0 amide bonds. The molecule has 14 heteroatoms. The third-order valence-electron chi connectivity index (χ3n) is 7.75. The highest BCUT2D eigenvalue weighted by Gasteiger charge is 2.49. The highest BCUT2D eigenvalue weighted by molar-refractivity contribution is 5.87. The third kappa shape index (κ3) is 8.56. The summed E-state index contributed by atoms with van der Waals surface area (Å²) >= 11 is 0. The third-order valence-corrected chi connectivity index (χ3v) is 7.75. The number of phenols is 2.